The minimum absolute atomic E-state index is 0.0591. The first-order valence-corrected chi connectivity index (χ1v) is 5.18. The number of aromatic nitrogens is 2. The predicted octanol–water partition coefficient (Wildman–Crippen LogP) is 2.43. The molecule has 78 valence electrons. The molecule has 1 heterocycles. The molecule has 1 aromatic carbocycles. The molecule has 1 N–H and O–H groups in total. The summed E-state index contributed by atoms with van der Waals surface area (Å²) in [4.78, 5) is 10.7. The van der Waals surface area contributed by atoms with Crippen molar-refractivity contribution in [2.75, 3.05) is 0 Å². The largest absolute Gasteiger partial charge is 0.303 e. The minimum Gasteiger partial charge on any atom is -0.303 e. The Morgan fingerprint density at radius 2 is 2.33 bits per heavy atom. The van der Waals surface area contributed by atoms with Gasteiger partial charge in [-0.25, -0.2) is 0 Å². The van der Waals surface area contributed by atoms with Gasteiger partial charge < -0.3 is 4.79 Å². The average Bonchev–Trinajstić information content (AvgIpc) is 2.69. The number of H-pyrrole nitrogens is 1. The summed E-state index contributed by atoms with van der Waals surface area (Å²) in [5, 5.41) is 8.39. The summed E-state index contributed by atoms with van der Waals surface area (Å²) in [5.41, 5.74) is 3.11. The Balaban J connectivity index is 2.53. The zero-order valence-corrected chi connectivity index (χ0v) is 8.95. The van der Waals surface area contributed by atoms with Gasteiger partial charge in [-0.05, 0) is 18.1 Å². The number of nitrogens with zero attached hydrogens (tertiary/aromatic N) is 1. The molecular weight excluding hydrogens is 188 g/mol. The number of benzene rings is 1. The maximum absolute atomic E-state index is 10.7. The van der Waals surface area contributed by atoms with Crippen molar-refractivity contribution in [2.45, 2.75) is 26.2 Å². The van der Waals surface area contributed by atoms with E-state index in [1.165, 1.54) is 0 Å². The molecule has 0 aliphatic carbocycles. The second kappa shape index (κ2) is 3.85. The van der Waals surface area contributed by atoms with Gasteiger partial charge in [0.2, 0.25) is 0 Å². The van der Waals surface area contributed by atoms with Crippen LogP contribution in [0.5, 0.6) is 0 Å². The topological polar surface area (TPSA) is 45.8 Å². The van der Waals surface area contributed by atoms with Gasteiger partial charge >= 0.3 is 0 Å². The number of hydrogen-bond donors (Lipinski definition) is 1. The number of hydrogen-bond acceptors (Lipinski definition) is 2. The third kappa shape index (κ3) is 1.65. The highest BCUT2D eigenvalue weighted by Gasteiger charge is 2.08. The SMILES string of the molecule is CCc1[nH]nc2cc(C(C)C=O)ccc12. The molecule has 0 aliphatic heterocycles. The quantitative estimate of drug-likeness (QED) is 0.777. The lowest BCUT2D eigenvalue weighted by molar-refractivity contribution is -0.108. The molecule has 0 spiro atoms. The normalized spacial score (nSPS) is 12.9. The molecule has 2 aromatic rings. The van der Waals surface area contributed by atoms with Crippen molar-refractivity contribution in [3.8, 4) is 0 Å². The first-order chi connectivity index (χ1) is 7.26. The van der Waals surface area contributed by atoms with Crippen LogP contribution in [-0.2, 0) is 11.2 Å². The fourth-order valence-corrected chi connectivity index (χ4v) is 1.72. The van der Waals surface area contributed by atoms with E-state index in [2.05, 4.69) is 17.1 Å². The Bertz CT molecular complexity index is 487. The summed E-state index contributed by atoms with van der Waals surface area (Å²) in [7, 11) is 0. The van der Waals surface area contributed by atoms with E-state index in [0.717, 1.165) is 34.9 Å². The van der Waals surface area contributed by atoms with Crippen LogP contribution >= 0.6 is 0 Å². The van der Waals surface area contributed by atoms with Crippen molar-refractivity contribution in [3.63, 3.8) is 0 Å². The molecule has 3 nitrogen and oxygen atoms in total. The number of rotatable bonds is 3. The number of carbonyl (C=O) groups excluding carboxylic acids is 1. The molecule has 0 radical (unpaired) electrons. The molecular formula is C12H14N2O. The Morgan fingerprint density at radius 1 is 1.53 bits per heavy atom. The first kappa shape index (κ1) is 9.90. The molecule has 0 saturated carbocycles. The number of carbonyl (C=O) groups is 1. The highest BCUT2D eigenvalue weighted by atomic mass is 16.1. The van der Waals surface area contributed by atoms with Crippen LogP contribution in [0.4, 0.5) is 0 Å². The summed E-state index contributed by atoms with van der Waals surface area (Å²) >= 11 is 0. The summed E-state index contributed by atoms with van der Waals surface area (Å²) < 4.78 is 0. The van der Waals surface area contributed by atoms with E-state index in [1.54, 1.807) is 0 Å². The van der Waals surface area contributed by atoms with Crippen LogP contribution in [0.25, 0.3) is 10.9 Å². The lowest BCUT2D eigenvalue weighted by atomic mass is 10.0. The average molecular weight is 202 g/mol. The second-order valence-electron chi connectivity index (χ2n) is 3.76. The van der Waals surface area contributed by atoms with Crippen LogP contribution in [0.15, 0.2) is 18.2 Å². The maximum Gasteiger partial charge on any atom is 0.127 e. The van der Waals surface area contributed by atoms with E-state index in [-0.39, 0.29) is 5.92 Å². The molecule has 0 fully saturated rings. The van der Waals surface area contributed by atoms with Gasteiger partial charge in [-0.15, -0.1) is 0 Å². The molecule has 1 aromatic heterocycles. The van der Waals surface area contributed by atoms with Crippen LogP contribution < -0.4 is 0 Å². The molecule has 2 rings (SSSR count). The lowest BCUT2D eigenvalue weighted by Crippen LogP contribution is -1.93. The maximum atomic E-state index is 10.7. The molecule has 15 heavy (non-hydrogen) atoms. The second-order valence-corrected chi connectivity index (χ2v) is 3.76. The van der Waals surface area contributed by atoms with Crippen molar-refractivity contribution in [3.05, 3.63) is 29.5 Å². The van der Waals surface area contributed by atoms with Gasteiger partial charge in [0.05, 0.1) is 5.52 Å². The van der Waals surface area contributed by atoms with Crippen LogP contribution in [0.3, 0.4) is 0 Å². The Hall–Kier alpha value is -1.64. The molecule has 0 aliphatic rings. The van der Waals surface area contributed by atoms with Crippen LogP contribution in [0.2, 0.25) is 0 Å². The summed E-state index contributed by atoms with van der Waals surface area (Å²) in [6.07, 6.45) is 1.90. The molecule has 0 bridgehead atoms. The number of aldehydes is 1. The highest BCUT2D eigenvalue weighted by molar-refractivity contribution is 5.82. The van der Waals surface area contributed by atoms with Crippen molar-refractivity contribution in [2.24, 2.45) is 0 Å². The van der Waals surface area contributed by atoms with Gasteiger partial charge in [0, 0.05) is 17.0 Å². The Labute approximate surface area is 88.5 Å². The number of aromatic amines is 1. The van der Waals surface area contributed by atoms with E-state index in [1.807, 2.05) is 25.1 Å². The van der Waals surface area contributed by atoms with Crippen LogP contribution in [-0.4, -0.2) is 16.5 Å². The van der Waals surface area contributed by atoms with Crippen molar-refractivity contribution in [1.29, 1.82) is 0 Å². The van der Waals surface area contributed by atoms with E-state index in [9.17, 15) is 4.79 Å². The third-order valence-electron chi connectivity index (χ3n) is 2.74. The van der Waals surface area contributed by atoms with Gasteiger partial charge in [0.15, 0.2) is 0 Å². The zero-order chi connectivity index (χ0) is 10.8. The number of fused-ring (bicyclic) bond motifs is 1. The molecule has 1 atom stereocenters. The van der Waals surface area contributed by atoms with E-state index >= 15 is 0 Å². The highest BCUT2D eigenvalue weighted by Crippen LogP contribution is 2.21. The van der Waals surface area contributed by atoms with Gasteiger partial charge in [0.1, 0.15) is 6.29 Å². The smallest absolute Gasteiger partial charge is 0.127 e. The van der Waals surface area contributed by atoms with Crippen LogP contribution in [0.1, 0.15) is 31.0 Å². The van der Waals surface area contributed by atoms with Crippen LogP contribution in [0, 0.1) is 0 Å². The van der Waals surface area contributed by atoms with Gasteiger partial charge in [0.25, 0.3) is 0 Å². The van der Waals surface area contributed by atoms with Gasteiger partial charge in [-0.3, -0.25) is 5.10 Å². The molecule has 0 amide bonds. The van der Waals surface area contributed by atoms with E-state index in [0.29, 0.717) is 0 Å². The van der Waals surface area contributed by atoms with Crippen molar-refractivity contribution >= 4 is 17.2 Å². The fourth-order valence-electron chi connectivity index (χ4n) is 1.72. The molecule has 3 heteroatoms. The summed E-state index contributed by atoms with van der Waals surface area (Å²) in [6.45, 7) is 3.98. The zero-order valence-electron chi connectivity index (χ0n) is 8.95. The van der Waals surface area contributed by atoms with Crippen molar-refractivity contribution < 1.29 is 4.79 Å². The number of nitrogens with one attached hydrogen (secondary N) is 1. The number of aryl methyl sites for hydroxylation is 1. The Kier molecular flexibility index (Phi) is 2.54. The van der Waals surface area contributed by atoms with Gasteiger partial charge in [-0.2, -0.15) is 5.10 Å². The fraction of sp³-hybridized carbons (Fsp3) is 0.333. The van der Waals surface area contributed by atoms with Crippen molar-refractivity contribution in [1.82, 2.24) is 10.2 Å². The summed E-state index contributed by atoms with van der Waals surface area (Å²) in [5.74, 6) is -0.0591. The monoisotopic (exact) mass is 202 g/mol. The Morgan fingerprint density at radius 3 is 3.00 bits per heavy atom. The lowest BCUT2D eigenvalue weighted by Gasteiger charge is -2.03. The predicted molar refractivity (Wildman–Crippen MR) is 60.0 cm³/mol. The molecule has 0 saturated heterocycles. The van der Waals surface area contributed by atoms with E-state index in [4.69, 9.17) is 0 Å². The summed E-state index contributed by atoms with van der Waals surface area (Å²) in [6, 6.07) is 6.01. The standard InChI is InChI=1S/C12H14N2O/c1-3-11-10-5-4-9(8(2)7-15)6-12(10)14-13-11/h4-8H,3H2,1-2H3,(H,13,14). The van der Waals surface area contributed by atoms with Gasteiger partial charge in [-0.1, -0.05) is 26.0 Å². The first-order valence-electron chi connectivity index (χ1n) is 5.18. The third-order valence-corrected chi connectivity index (χ3v) is 2.74. The molecule has 1 unspecified atom stereocenters. The minimum atomic E-state index is -0.0591. The van der Waals surface area contributed by atoms with E-state index < -0.39 is 0 Å².